The number of para-hydroxylation sites is 1. The van der Waals surface area contributed by atoms with Gasteiger partial charge in [-0.25, -0.2) is 0 Å². The summed E-state index contributed by atoms with van der Waals surface area (Å²) in [6.45, 7) is 0.744. The molecule has 0 bridgehead atoms. The lowest BCUT2D eigenvalue weighted by molar-refractivity contribution is 0.675. The van der Waals surface area contributed by atoms with Gasteiger partial charge in [0, 0.05) is 21.1 Å². The zero-order valence-electron chi connectivity index (χ0n) is 11.2. The first-order valence-corrected chi connectivity index (χ1v) is 7.93. The zero-order chi connectivity index (χ0) is 14.7. The summed E-state index contributed by atoms with van der Waals surface area (Å²) in [4.78, 5) is 12.9. The molecule has 0 fully saturated rings. The molecule has 3 rings (SSSR count). The molecule has 3 aromatic rings. The largest absolute Gasteiger partial charge is 0.287 e. The molecule has 2 aromatic carbocycles. The number of thioether (sulfide) groups is 1. The summed E-state index contributed by atoms with van der Waals surface area (Å²) in [6.07, 6.45) is 1.38. The monoisotopic (exact) mass is 316 g/mol. The maximum Gasteiger partial charge on any atom is 0.207 e. The number of halogens is 1. The summed E-state index contributed by atoms with van der Waals surface area (Å²) in [7, 11) is 0. The van der Waals surface area contributed by atoms with Crippen LogP contribution in [0.1, 0.15) is 0 Å². The Morgan fingerprint density at radius 1 is 1.10 bits per heavy atom. The van der Waals surface area contributed by atoms with E-state index < -0.39 is 0 Å². The standard InChI is InChI=1S/C16H13ClN2OS/c17-12-5-7-13(8-6-12)21-10-9-19-15-4-2-1-3-14(15)16(20)11-18-19/h1-8,11H,9-10H2. The normalized spacial score (nSPS) is 10.9. The lowest BCUT2D eigenvalue weighted by atomic mass is 10.2. The quantitative estimate of drug-likeness (QED) is 0.686. The van der Waals surface area contributed by atoms with E-state index in [1.165, 1.54) is 11.1 Å². The molecule has 0 spiro atoms. The van der Waals surface area contributed by atoms with Crippen LogP contribution in [0.15, 0.2) is 64.4 Å². The maximum atomic E-state index is 11.8. The lowest BCUT2D eigenvalue weighted by Crippen LogP contribution is -2.13. The first-order chi connectivity index (χ1) is 10.2. The molecule has 0 N–H and O–H groups in total. The second-order valence-electron chi connectivity index (χ2n) is 4.55. The van der Waals surface area contributed by atoms with Crippen molar-refractivity contribution >= 4 is 34.3 Å². The van der Waals surface area contributed by atoms with E-state index in [0.717, 1.165) is 22.8 Å². The SMILES string of the molecule is O=c1cnn(CCSc2ccc(Cl)cc2)c2ccccc12. The number of hydrogen-bond acceptors (Lipinski definition) is 3. The summed E-state index contributed by atoms with van der Waals surface area (Å²) in [6, 6.07) is 15.3. The van der Waals surface area contributed by atoms with Crippen LogP contribution in [0, 0.1) is 0 Å². The van der Waals surface area contributed by atoms with Gasteiger partial charge in [0.05, 0.1) is 18.3 Å². The third kappa shape index (κ3) is 3.28. The fourth-order valence-electron chi connectivity index (χ4n) is 2.12. The molecule has 0 unspecified atom stereocenters. The van der Waals surface area contributed by atoms with Crippen LogP contribution in [0.4, 0.5) is 0 Å². The van der Waals surface area contributed by atoms with Gasteiger partial charge < -0.3 is 0 Å². The van der Waals surface area contributed by atoms with Crippen LogP contribution in [-0.4, -0.2) is 15.5 Å². The number of fused-ring (bicyclic) bond motifs is 1. The second-order valence-corrected chi connectivity index (χ2v) is 6.16. The first kappa shape index (κ1) is 14.2. The molecule has 0 aliphatic rings. The Balaban J connectivity index is 1.75. The van der Waals surface area contributed by atoms with E-state index in [1.54, 1.807) is 11.8 Å². The second kappa shape index (κ2) is 6.33. The van der Waals surface area contributed by atoms with Crippen LogP contribution in [0.25, 0.3) is 10.9 Å². The highest BCUT2D eigenvalue weighted by molar-refractivity contribution is 7.99. The highest BCUT2D eigenvalue weighted by atomic mass is 35.5. The van der Waals surface area contributed by atoms with Crippen molar-refractivity contribution in [2.24, 2.45) is 0 Å². The van der Waals surface area contributed by atoms with Crippen molar-refractivity contribution in [1.82, 2.24) is 9.78 Å². The van der Waals surface area contributed by atoms with E-state index in [-0.39, 0.29) is 5.43 Å². The van der Waals surface area contributed by atoms with Crippen molar-refractivity contribution in [3.63, 3.8) is 0 Å². The van der Waals surface area contributed by atoms with Crippen molar-refractivity contribution in [3.05, 3.63) is 70.0 Å². The minimum absolute atomic E-state index is 0.0350. The molecule has 1 aromatic heterocycles. The summed E-state index contributed by atoms with van der Waals surface area (Å²) in [5.41, 5.74) is 0.842. The Kier molecular flexibility index (Phi) is 4.27. The Morgan fingerprint density at radius 3 is 2.67 bits per heavy atom. The predicted octanol–water partition coefficient (Wildman–Crippen LogP) is 3.84. The van der Waals surface area contributed by atoms with E-state index in [0.29, 0.717) is 5.39 Å². The Labute approximate surface area is 131 Å². The first-order valence-electron chi connectivity index (χ1n) is 6.57. The lowest BCUT2D eigenvalue weighted by Gasteiger charge is -2.08. The molecular formula is C16H13ClN2OS. The number of hydrogen-bond donors (Lipinski definition) is 0. The van der Waals surface area contributed by atoms with Crippen LogP contribution in [-0.2, 0) is 6.54 Å². The number of benzene rings is 2. The van der Waals surface area contributed by atoms with E-state index >= 15 is 0 Å². The average Bonchev–Trinajstić information content (AvgIpc) is 2.52. The van der Waals surface area contributed by atoms with Crippen LogP contribution < -0.4 is 5.43 Å². The van der Waals surface area contributed by atoms with E-state index in [1.807, 2.05) is 53.2 Å². The van der Waals surface area contributed by atoms with Crippen molar-refractivity contribution in [1.29, 1.82) is 0 Å². The molecular weight excluding hydrogens is 304 g/mol. The molecule has 3 nitrogen and oxygen atoms in total. The maximum absolute atomic E-state index is 11.8. The van der Waals surface area contributed by atoms with Gasteiger partial charge in [-0.05, 0) is 36.4 Å². The van der Waals surface area contributed by atoms with Crippen molar-refractivity contribution in [2.45, 2.75) is 11.4 Å². The molecule has 0 amide bonds. The van der Waals surface area contributed by atoms with Gasteiger partial charge >= 0.3 is 0 Å². The van der Waals surface area contributed by atoms with Crippen LogP contribution >= 0.6 is 23.4 Å². The molecule has 0 aliphatic heterocycles. The van der Waals surface area contributed by atoms with Gasteiger partial charge in [0.25, 0.3) is 0 Å². The van der Waals surface area contributed by atoms with E-state index in [9.17, 15) is 4.79 Å². The number of aromatic nitrogens is 2. The molecule has 21 heavy (non-hydrogen) atoms. The van der Waals surface area contributed by atoms with E-state index in [2.05, 4.69) is 5.10 Å². The summed E-state index contributed by atoms with van der Waals surface area (Å²) < 4.78 is 1.87. The van der Waals surface area contributed by atoms with Gasteiger partial charge in [-0.3, -0.25) is 9.48 Å². The third-order valence-electron chi connectivity index (χ3n) is 3.15. The fraction of sp³-hybridized carbons (Fsp3) is 0.125. The highest BCUT2D eigenvalue weighted by Crippen LogP contribution is 2.20. The Morgan fingerprint density at radius 2 is 1.86 bits per heavy atom. The summed E-state index contributed by atoms with van der Waals surface area (Å²) >= 11 is 7.61. The average molecular weight is 317 g/mol. The number of nitrogens with zero attached hydrogens (tertiary/aromatic N) is 2. The fourth-order valence-corrected chi connectivity index (χ4v) is 3.07. The minimum atomic E-state index is -0.0350. The van der Waals surface area contributed by atoms with Crippen molar-refractivity contribution in [3.8, 4) is 0 Å². The molecule has 0 atom stereocenters. The minimum Gasteiger partial charge on any atom is -0.287 e. The van der Waals surface area contributed by atoms with Gasteiger partial charge in [-0.2, -0.15) is 5.10 Å². The third-order valence-corrected chi connectivity index (χ3v) is 4.39. The molecule has 0 saturated heterocycles. The van der Waals surface area contributed by atoms with Crippen LogP contribution in [0.2, 0.25) is 5.02 Å². The van der Waals surface area contributed by atoms with Gasteiger partial charge in [0.1, 0.15) is 0 Å². The molecule has 0 saturated carbocycles. The van der Waals surface area contributed by atoms with Crippen molar-refractivity contribution < 1.29 is 0 Å². The summed E-state index contributed by atoms with van der Waals surface area (Å²) in [5.74, 6) is 0.876. The number of rotatable bonds is 4. The molecule has 5 heteroatoms. The molecule has 106 valence electrons. The predicted molar refractivity (Wildman–Crippen MR) is 88.2 cm³/mol. The Hall–Kier alpha value is -1.78. The molecule has 1 heterocycles. The van der Waals surface area contributed by atoms with Gasteiger partial charge in [-0.15, -0.1) is 11.8 Å². The van der Waals surface area contributed by atoms with Gasteiger partial charge in [0.15, 0.2) is 0 Å². The van der Waals surface area contributed by atoms with Gasteiger partial charge in [-0.1, -0.05) is 23.7 Å². The molecule has 0 aliphatic carbocycles. The topological polar surface area (TPSA) is 34.9 Å². The smallest absolute Gasteiger partial charge is 0.207 e. The Bertz CT molecular complexity index is 814. The highest BCUT2D eigenvalue weighted by Gasteiger charge is 2.03. The van der Waals surface area contributed by atoms with E-state index in [4.69, 9.17) is 11.6 Å². The van der Waals surface area contributed by atoms with Crippen LogP contribution in [0.5, 0.6) is 0 Å². The molecule has 0 radical (unpaired) electrons. The van der Waals surface area contributed by atoms with Gasteiger partial charge in [0.2, 0.25) is 5.43 Å². The van der Waals surface area contributed by atoms with Crippen LogP contribution in [0.3, 0.4) is 0 Å². The summed E-state index contributed by atoms with van der Waals surface area (Å²) in [5, 5.41) is 5.68. The number of aryl methyl sites for hydroxylation is 1. The zero-order valence-corrected chi connectivity index (χ0v) is 12.8. The van der Waals surface area contributed by atoms with Crippen molar-refractivity contribution in [2.75, 3.05) is 5.75 Å².